The SMILES string of the molecule is Cc1cc(CSC/C=C\C=C/C(C)C(=O)N2CCN(CC(=O)Nc3ccc(Cl)cc3)CC2)no1. The number of halogens is 1. The van der Waals surface area contributed by atoms with Crippen LogP contribution < -0.4 is 5.32 Å². The average molecular weight is 503 g/mol. The molecule has 1 N–H and O–H groups in total. The molecule has 0 radical (unpaired) electrons. The molecule has 0 bridgehead atoms. The molecule has 0 saturated carbocycles. The summed E-state index contributed by atoms with van der Waals surface area (Å²) in [7, 11) is 0. The fourth-order valence-electron chi connectivity index (χ4n) is 3.52. The number of aryl methyl sites for hydroxylation is 1. The van der Waals surface area contributed by atoms with Gasteiger partial charge in [-0.3, -0.25) is 14.5 Å². The Kier molecular flexibility index (Phi) is 10.2. The summed E-state index contributed by atoms with van der Waals surface area (Å²) in [6.07, 6.45) is 7.90. The van der Waals surface area contributed by atoms with Gasteiger partial charge in [-0.25, -0.2) is 0 Å². The smallest absolute Gasteiger partial charge is 0.238 e. The number of nitrogens with zero attached hydrogens (tertiary/aromatic N) is 3. The Morgan fingerprint density at radius 2 is 1.94 bits per heavy atom. The van der Waals surface area contributed by atoms with Crippen LogP contribution in [0, 0.1) is 12.8 Å². The van der Waals surface area contributed by atoms with Gasteiger partial charge in [0.05, 0.1) is 18.2 Å². The quantitative estimate of drug-likeness (QED) is 0.383. The zero-order valence-electron chi connectivity index (χ0n) is 19.6. The minimum atomic E-state index is -0.185. The van der Waals surface area contributed by atoms with Crippen molar-refractivity contribution in [2.45, 2.75) is 19.6 Å². The number of aromatic nitrogens is 1. The van der Waals surface area contributed by atoms with Gasteiger partial charge in [0, 0.05) is 54.5 Å². The van der Waals surface area contributed by atoms with Gasteiger partial charge in [0.2, 0.25) is 11.8 Å². The molecule has 1 aromatic carbocycles. The van der Waals surface area contributed by atoms with Crippen molar-refractivity contribution < 1.29 is 14.1 Å². The van der Waals surface area contributed by atoms with Crippen molar-refractivity contribution in [3.05, 3.63) is 71.1 Å². The van der Waals surface area contributed by atoms with Crippen LogP contribution in [0.3, 0.4) is 0 Å². The van der Waals surface area contributed by atoms with Crippen LogP contribution in [0.2, 0.25) is 5.02 Å². The van der Waals surface area contributed by atoms with E-state index in [2.05, 4.69) is 21.4 Å². The number of carbonyl (C=O) groups is 2. The lowest BCUT2D eigenvalue weighted by Gasteiger charge is -2.35. The second-order valence-corrected chi connectivity index (χ2v) is 9.67. The summed E-state index contributed by atoms with van der Waals surface area (Å²) in [5.74, 6) is 2.37. The third-order valence-electron chi connectivity index (χ3n) is 5.36. The summed E-state index contributed by atoms with van der Waals surface area (Å²) >= 11 is 7.63. The van der Waals surface area contributed by atoms with Gasteiger partial charge in [-0.1, -0.05) is 48.0 Å². The standard InChI is InChI=1S/C25H31ClN4O3S/c1-19(6-4-3-5-15-34-18-23-16-20(2)33-28-23)25(32)30-13-11-29(12-14-30)17-24(31)27-22-9-7-21(26)8-10-22/h3-10,16,19H,11-15,17-18H2,1-2H3,(H,27,31)/b5-3-,6-4-. The number of benzene rings is 1. The highest BCUT2D eigenvalue weighted by molar-refractivity contribution is 7.98. The first-order valence-corrected chi connectivity index (χ1v) is 12.8. The maximum Gasteiger partial charge on any atom is 0.238 e. The van der Waals surface area contributed by atoms with Gasteiger partial charge in [-0.05, 0) is 31.2 Å². The Morgan fingerprint density at radius 3 is 2.62 bits per heavy atom. The van der Waals surface area contributed by atoms with Crippen LogP contribution in [0.25, 0.3) is 0 Å². The molecule has 2 heterocycles. The molecule has 182 valence electrons. The maximum absolute atomic E-state index is 12.7. The second kappa shape index (κ2) is 13.4. The van der Waals surface area contributed by atoms with Crippen LogP contribution in [-0.2, 0) is 15.3 Å². The first kappa shape index (κ1) is 26.1. The third-order valence-corrected chi connectivity index (χ3v) is 6.54. The van der Waals surface area contributed by atoms with Crippen LogP contribution in [0.5, 0.6) is 0 Å². The lowest BCUT2D eigenvalue weighted by Crippen LogP contribution is -2.51. The predicted octanol–water partition coefficient (Wildman–Crippen LogP) is 4.40. The van der Waals surface area contributed by atoms with Gasteiger partial charge in [-0.15, -0.1) is 0 Å². The molecule has 1 unspecified atom stereocenters. The van der Waals surface area contributed by atoms with Crippen molar-refractivity contribution in [3.63, 3.8) is 0 Å². The van der Waals surface area contributed by atoms with Crippen molar-refractivity contribution in [2.75, 3.05) is 43.8 Å². The lowest BCUT2D eigenvalue weighted by atomic mass is 10.1. The van der Waals surface area contributed by atoms with E-state index in [1.165, 1.54) is 0 Å². The van der Waals surface area contributed by atoms with E-state index in [-0.39, 0.29) is 17.7 Å². The van der Waals surface area contributed by atoms with E-state index in [1.54, 1.807) is 36.0 Å². The maximum atomic E-state index is 12.7. The van der Waals surface area contributed by atoms with Gasteiger partial charge in [0.1, 0.15) is 5.76 Å². The highest BCUT2D eigenvalue weighted by Gasteiger charge is 2.24. The molecule has 0 aliphatic carbocycles. The Labute approximate surface area is 210 Å². The van der Waals surface area contributed by atoms with Crippen LogP contribution in [0.1, 0.15) is 18.4 Å². The minimum absolute atomic E-state index is 0.0699. The van der Waals surface area contributed by atoms with Gasteiger partial charge >= 0.3 is 0 Å². The summed E-state index contributed by atoms with van der Waals surface area (Å²) in [5.41, 5.74) is 1.68. The number of allylic oxidation sites excluding steroid dienone is 2. The van der Waals surface area contributed by atoms with Gasteiger partial charge in [0.25, 0.3) is 0 Å². The van der Waals surface area contributed by atoms with E-state index < -0.39 is 0 Å². The molecule has 1 atom stereocenters. The molecule has 1 fully saturated rings. The lowest BCUT2D eigenvalue weighted by molar-refractivity contribution is -0.135. The fourth-order valence-corrected chi connectivity index (χ4v) is 4.35. The molecule has 3 rings (SSSR count). The Hall–Kier alpha value is -2.55. The summed E-state index contributed by atoms with van der Waals surface area (Å²) in [6.45, 7) is 6.71. The van der Waals surface area contributed by atoms with E-state index in [1.807, 2.05) is 43.0 Å². The number of hydrogen-bond acceptors (Lipinski definition) is 6. The van der Waals surface area contributed by atoms with E-state index in [9.17, 15) is 9.59 Å². The average Bonchev–Trinajstić information content (AvgIpc) is 3.24. The number of anilines is 1. The second-order valence-electron chi connectivity index (χ2n) is 8.20. The normalized spacial score (nSPS) is 15.8. The Bertz CT molecular complexity index is 998. The van der Waals surface area contributed by atoms with Crippen molar-refractivity contribution in [2.24, 2.45) is 5.92 Å². The first-order chi connectivity index (χ1) is 16.4. The molecule has 2 amide bonds. The van der Waals surface area contributed by atoms with Crippen molar-refractivity contribution in [1.29, 1.82) is 0 Å². The molecule has 1 aliphatic heterocycles. The van der Waals surface area contributed by atoms with Gasteiger partial charge in [0.15, 0.2) is 0 Å². The van der Waals surface area contributed by atoms with E-state index in [4.69, 9.17) is 16.1 Å². The monoisotopic (exact) mass is 502 g/mol. The molecule has 7 nitrogen and oxygen atoms in total. The van der Waals surface area contributed by atoms with Crippen molar-refractivity contribution >= 4 is 40.9 Å². The number of thioether (sulfide) groups is 1. The Balaban J connectivity index is 1.32. The van der Waals surface area contributed by atoms with E-state index in [0.717, 1.165) is 28.6 Å². The third kappa shape index (κ3) is 8.66. The summed E-state index contributed by atoms with van der Waals surface area (Å²) < 4.78 is 5.05. The van der Waals surface area contributed by atoms with Crippen LogP contribution in [0.15, 0.2) is 59.2 Å². The van der Waals surface area contributed by atoms with Crippen LogP contribution in [0.4, 0.5) is 5.69 Å². The fraction of sp³-hybridized carbons (Fsp3) is 0.400. The minimum Gasteiger partial charge on any atom is -0.361 e. The Morgan fingerprint density at radius 1 is 1.21 bits per heavy atom. The summed E-state index contributed by atoms with van der Waals surface area (Å²) in [4.78, 5) is 29.0. The van der Waals surface area contributed by atoms with E-state index >= 15 is 0 Å². The first-order valence-electron chi connectivity index (χ1n) is 11.3. The number of piperazine rings is 1. The molecule has 1 saturated heterocycles. The number of hydrogen-bond donors (Lipinski definition) is 1. The number of carbonyl (C=O) groups excluding carboxylic acids is 2. The molecular weight excluding hydrogens is 472 g/mol. The highest BCUT2D eigenvalue weighted by Crippen LogP contribution is 2.14. The largest absolute Gasteiger partial charge is 0.361 e. The molecule has 1 aromatic heterocycles. The predicted molar refractivity (Wildman–Crippen MR) is 138 cm³/mol. The summed E-state index contributed by atoms with van der Waals surface area (Å²) in [6, 6.07) is 8.99. The number of amides is 2. The molecule has 9 heteroatoms. The zero-order valence-corrected chi connectivity index (χ0v) is 21.1. The van der Waals surface area contributed by atoms with E-state index in [0.29, 0.717) is 37.7 Å². The molecule has 34 heavy (non-hydrogen) atoms. The van der Waals surface area contributed by atoms with Gasteiger partial charge < -0.3 is 14.7 Å². The zero-order chi connectivity index (χ0) is 24.3. The van der Waals surface area contributed by atoms with Gasteiger partial charge in [-0.2, -0.15) is 11.8 Å². The molecular formula is C25H31ClN4O3S. The van der Waals surface area contributed by atoms with Crippen molar-refractivity contribution in [3.8, 4) is 0 Å². The topological polar surface area (TPSA) is 78.7 Å². The summed E-state index contributed by atoms with van der Waals surface area (Å²) in [5, 5.41) is 7.48. The van der Waals surface area contributed by atoms with Crippen LogP contribution >= 0.6 is 23.4 Å². The number of rotatable bonds is 10. The van der Waals surface area contributed by atoms with Crippen molar-refractivity contribution in [1.82, 2.24) is 15.0 Å². The molecule has 2 aromatic rings. The molecule has 0 spiro atoms. The highest BCUT2D eigenvalue weighted by atomic mass is 35.5. The van der Waals surface area contributed by atoms with Crippen LogP contribution in [-0.4, -0.2) is 65.2 Å². The molecule has 1 aliphatic rings. The number of nitrogens with one attached hydrogen (secondary N) is 1.